The summed E-state index contributed by atoms with van der Waals surface area (Å²) in [5, 5.41) is 11.2. The summed E-state index contributed by atoms with van der Waals surface area (Å²) >= 11 is 0. The summed E-state index contributed by atoms with van der Waals surface area (Å²) in [7, 11) is 3.46. The van der Waals surface area contributed by atoms with Crippen LogP contribution in [0.2, 0.25) is 0 Å². The standard InChI is InChI=1S/C22H25N9O/c1-4-16-13-25-22(26-14-16)30-11-9-17(10-12-30)20(23-2)21(24-3)32-19-7-5-18(6-8-19)31-15-27-28-29-31/h5-9,13-15H,4,10-12H2,1-3H3. The van der Waals surface area contributed by atoms with Crippen LogP contribution in [0.4, 0.5) is 5.95 Å². The van der Waals surface area contributed by atoms with Crippen LogP contribution in [-0.2, 0) is 6.42 Å². The molecule has 164 valence electrons. The molecule has 0 N–H and O–H groups in total. The van der Waals surface area contributed by atoms with Crippen molar-refractivity contribution in [1.82, 2.24) is 30.2 Å². The Hall–Kier alpha value is -3.95. The number of benzene rings is 1. The SMILES string of the molecule is CCc1cnc(N2CC=C(C(=NC)C(=NC)Oc3ccc(-n4cnnn4)cc3)CC2)nc1. The number of ether oxygens (including phenoxy) is 1. The van der Waals surface area contributed by atoms with Crippen LogP contribution in [-0.4, -0.2) is 69.0 Å². The predicted octanol–water partition coefficient (Wildman–Crippen LogP) is 2.33. The summed E-state index contributed by atoms with van der Waals surface area (Å²) in [6.45, 7) is 3.60. The van der Waals surface area contributed by atoms with Crippen molar-refractivity contribution in [3.8, 4) is 11.4 Å². The number of hydrogen-bond donors (Lipinski definition) is 0. The number of nitrogens with zero attached hydrogens (tertiary/aromatic N) is 9. The van der Waals surface area contributed by atoms with Crippen LogP contribution in [0.5, 0.6) is 5.75 Å². The van der Waals surface area contributed by atoms with Gasteiger partial charge in [-0.1, -0.05) is 13.0 Å². The molecule has 10 heteroatoms. The molecule has 0 bridgehead atoms. The largest absolute Gasteiger partial charge is 0.437 e. The number of anilines is 1. The maximum Gasteiger partial charge on any atom is 0.240 e. The zero-order chi connectivity index (χ0) is 22.3. The van der Waals surface area contributed by atoms with Crippen LogP contribution in [0.25, 0.3) is 5.69 Å². The van der Waals surface area contributed by atoms with E-state index in [1.165, 1.54) is 0 Å². The Kier molecular flexibility index (Phi) is 6.59. The Morgan fingerprint density at radius 3 is 2.44 bits per heavy atom. The average Bonchev–Trinajstić information content (AvgIpc) is 3.40. The van der Waals surface area contributed by atoms with Crippen LogP contribution in [0.1, 0.15) is 18.9 Å². The van der Waals surface area contributed by atoms with Gasteiger partial charge in [0.25, 0.3) is 0 Å². The van der Waals surface area contributed by atoms with Gasteiger partial charge in [0.2, 0.25) is 11.8 Å². The van der Waals surface area contributed by atoms with Crippen molar-refractivity contribution in [3.63, 3.8) is 0 Å². The molecule has 1 aliphatic heterocycles. The van der Waals surface area contributed by atoms with E-state index in [0.29, 0.717) is 18.2 Å². The minimum atomic E-state index is 0.478. The van der Waals surface area contributed by atoms with Gasteiger partial charge in [0, 0.05) is 39.6 Å². The number of aromatic nitrogens is 6. The maximum atomic E-state index is 6.06. The molecule has 0 fully saturated rings. The van der Waals surface area contributed by atoms with Crippen LogP contribution < -0.4 is 9.64 Å². The Morgan fingerprint density at radius 2 is 1.88 bits per heavy atom. The lowest BCUT2D eigenvalue weighted by molar-refractivity contribution is 0.558. The zero-order valence-corrected chi connectivity index (χ0v) is 18.4. The smallest absolute Gasteiger partial charge is 0.240 e. The summed E-state index contributed by atoms with van der Waals surface area (Å²) in [5.41, 5.74) is 3.82. The van der Waals surface area contributed by atoms with Gasteiger partial charge in [0.05, 0.1) is 5.69 Å². The molecule has 1 aliphatic rings. The first-order chi connectivity index (χ1) is 15.7. The van der Waals surface area contributed by atoms with Crippen molar-refractivity contribution in [2.75, 3.05) is 32.1 Å². The number of tetrazole rings is 1. The third kappa shape index (κ3) is 4.69. The van der Waals surface area contributed by atoms with Crippen molar-refractivity contribution < 1.29 is 4.74 Å². The van der Waals surface area contributed by atoms with Gasteiger partial charge in [-0.2, -0.15) is 0 Å². The third-order valence-electron chi connectivity index (χ3n) is 5.19. The second-order valence-electron chi connectivity index (χ2n) is 7.12. The minimum absolute atomic E-state index is 0.478. The summed E-state index contributed by atoms with van der Waals surface area (Å²) in [5.74, 6) is 1.88. The zero-order valence-electron chi connectivity index (χ0n) is 18.4. The number of aryl methyl sites for hydroxylation is 1. The fourth-order valence-electron chi connectivity index (χ4n) is 3.39. The fraction of sp³-hybridized carbons (Fsp3) is 0.318. The highest BCUT2D eigenvalue weighted by molar-refractivity contribution is 6.45. The van der Waals surface area contributed by atoms with Gasteiger partial charge in [-0.25, -0.2) is 14.6 Å². The van der Waals surface area contributed by atoms with E-state index in [1.54, 1.807) is 25.1 Å². The molecule has 3 heterocycles. The van der Waals surface area contributed by atoms with Crippen molar-refractivity contribution >= 4 is 17.6 Å². The molecule has 2 aromatic heterocycles. The average molecular weight is 432 g/mol. The van der Waals surface area contributed by atoms with E-state index in [4.69, 9.17) is 4.74 Å². The van der Waals surface area contributed by atoms with Crippen LogP contribution in [0.3, 0.4) is 0 Å². The number of rotatable bonds is 6. The van der Waals surface area contributed by atoms with E-state index < -0.39 is 0 Å². The number of hydrogen-bond acceptors (Lipinski definition) is 9. The number of aliphatic imine (C=N–C) groups is 2. The van der Waals surface area contributed by atoms with E-state index in [9.17, 15) is 0 Å². The molecule has 32 heavy (non-hydrogen) atoms. The molecular weight excluding hydrogens is 406 g/mol. The lowest BCUT2D eigenvalue weighted by Crippen LogP contribution is -2.34. The van der Waals surface area contributed by atoms with E-state index in [0.717, 1.165) is 47.9 Å². The fourth-order valence-corrected chi connectivity index (χ4v) is 3.39. The summed E-state index contributed by atoms with van der Waals surface area (Å²) in [6.07, 6.45) is 9.19. The van der Waals surface area contributed by atoms with Crippen LogP contribution in [0, 0.1) is 0 Å². The third-order valence-corrected chi connectivity index (χ3v) is 5.19. The molecule has 0 radical (unpaired) electrons. The molecule has 0 amide bonds. The van der Waals surface area contributed by atoms with E-state index >= 15 is 0 Å². The Bertz CT molecular complexity index is 1120. The minimum Gasteiger partial charge on any atom is -0.437 e. The first-order valence-electron chi connectivity index (χ1n) is 10.4. The predicted molar refractivity (Wildman–Crippen MR) is 123 cm³/mol. The van der Waals surface area contributed by atoms with Gasteiger partial charge >= 0.3 is 0 Å². The van der Waals surface area contributed by atoms with Crippen molar-refractivity contribution in [2.24, 2.45) is 9.98 Å². The molecule has 3 aromatic rings. The summed E-state index contributed by atoms with van der Waals surface area (Å²) < 4.78 is 7.64. The highest BCUT2D eigenvalue weighted by Crippen LogP contribution is 2.20. The molecule has 0 saturated carbocycles. The first-order valence-corrected chi connectivity index (χ1v) is 10.4. The van der Waals surface area contributed by atoms with Crippen molar-refractivity contribution in [3.05, 3.63) is 60.2 Å². The molecule has 0 unspecified atom stereocenters. The van der Waals surface area contributed by atoms with Gasteiger partial charge in [-0.05, 0) is 58.7 Å². The quantitative estimate of drug-likeness (QED) is 0.435. The second-order valence-corrected chi connectivity index (χ2v) is 7.12. The van der Waals surface area contributed by atoms with Crippen molar-refractivity contribution in [1.29, 1.82) is 0 Å². The first kappa shape index (κ1) is 21.3. The van der Waals surface area contributed by atoms with Crippen LogP contribution in [0.15, 0.2) is 64.6 Å². The highest BCUT2D eigenvalue weighted by Gasteiger charge is 2.21. The molecular formula is C22H25N9O. The van der Waals surface area contributed by atoms with E-state index in [2.05, 4.69) is 53.4 Å². The molecule has 0 atom stereocenters. The maximum absolute atomic E-state index is 6.06. The monoisotopic (exact) mass is 431 g/mol. The van der Waals surface area contributed by atoms with E-state index in [-0.39, 0.29) is 0 Å². The normalized spacial score (nSPS) is 15.0. The highest BCUT2D eigenvalue weighted by atomic mass is 16.5. The summed E-state index contributed by atoms with van der Waals surface area (Å²) in [4.78, 5) is 19.9. The molecule has 1 aromatic carbocycles. The molecule has 0 spiro atoms. The van der Waals surface area contributed by atoms with Gasteiger partial charge in [-0.15, -0.1) is 5.10 Å². The van der Waals surface area contributed by atoms with Gasteiger partial charge in [0.15, 0.2) is 0 Å². The molecule has 4 rings (SSSR count). The van der Waals surface area contributed by atoms with E-state index in [1.807, 2.05) is 36.7 Å². The Labute approximate surface area is 186 Å². The van der Waals surface area contributed by atoms with Crippen LogP contribution >= 0.6 is 0 Å². The van der Waals surface area contributed by atoms with Gasteiger partial charge < -0.3 is 9.64 Å². The van der Waals surface area contributed by atoms with Crippen molar-refractivity contribution in [2.45, 2.75) is 19.8 Å². The Morgan fingerprint density at radius 1 is 1.09 bits per heavy atom. The summed E-state index contributed by atoms with van der Waals surface area (Å²) in [6, 6.07) is 7.46. The van der Waals surface area contributed by atoms with Gasteiger partial charge in [-0.3, -0.25) is 9.98 Å². The molecule has 0 saturated heterocycles. The molecule has 10 nitrogen and oxygen atoms in total. The van der Waals surface area contributed by atoms with Gasteiger partial charge in [0.1, 0.15) is 17.8 Å². The lowest BCUT2D eigenvalue weighted by atomic mass is 10.0. The lowest BCUT2D eigenvalue weighted by Gasteiger charge is -2.27. The topological polar surface area (TPSA) is 107 Å². The second kappa shape index (κ2) is 9.90. The Balaban J connectivity index is 1.44. The molecule has 0 aliphatic carbocycles.